The van der Waals surface area contributed by atoms with Crippen molar-refractivity contribution in [1.29, 1.82) is 5.26 Å². The first-order valence-electron chi connectivity index (χ1n) is 8.19. The van der Waals surface area contributed by atoms with Crippen molar-refractivity contribution in [2.45, 2.75) is 0 Å². The quantitative estimate of drug-likeness (QED) is 0.389. The normalized spacial score (nSPS) is 15.3. The van der Waals surface area contributed by atoms with Gasteiger partial charge in [-0.25, -0.2) is 0 Å². The van der Waals surface area contributed by atoms with Crippen LogP contribution in [0.1, 0.15) is 11.3 Å². The molecule has 1 amide bonds. The van der Waals surface area contributed by atoms with E-state index in [-0.39, 0.29) is 5.91 Å². The minimum atomic E-state index is -0.215. The Morgan fingerprint density at radius 2 is 1.86 bits per heavy atom. The predicted octanol–water partition coefficient (Wildman–Crippen LogP) is 5.88. The average Bonchev–Trinajstić information content (AvgIpc) is 3.27. The van der Waals surface area contributed by atoms with E-state index in [4.69, 9.17) is 28.2 Å². The van der Waals surface area contributed by atoms with Gasteiger partial charge in [0.15, 0.2) is 4.32 Å². The van der Waals surface area contributed by atoms with Crippen LogP contribution in [-0.4, -0.2) is 10.2 Å². The Labute approximate surface area is 176 Å². The zero-order chi connectivity index (χ0) is 19.7. The van der Waals surface area contributed by atoms with Crippen LogP contribution in [0.15, 0.2) is 70.0 Å². The van der Waals surface area contributed by atoms with Crippen LogP contribution >= 0.6 is 35.6 Å². The molecule has 2 aromatic carbocycles. The fraction of sp³-hybridized carbons (Fsp3) is 0. The Kier molecular flexibility index (Phi) is 5.05. The maximum Gasteiger partial charge on any atom is 0.270 e. The van der Waals surface area contributed by atoms with E-state index in [1.807, 2.05) is 12.1 Å². The molecule has 7 heteroatoms. The molecule has 4 rings (SSSR count). The molecule has 28 heavy (non-hydrogen) atoms. The number of anilines is 1. The van der Waals surface area contributed by atoms with Crippen LogP contribution in [0.2, 0.25) is 5.02 Å². The maximum atomic E-state index is 12.8. The number of furan rings is 1. The molecule has 1 aliphatic rings. The van der Waals surface area contributed by atoms with E-state index >= 15 is 0 Å². The van der Waals surface area contributed by atoms with Crippen molar-refractivity contribution in [2.75, 3.05) is 4.90 Å². The molecule has 0 N–H and O–H groups in total. The smallest absolute Gasteiger partial charge is 0.270 e. The number of hydrogen-bond acceptors (Lipinski definition) is 5. The largest absolute Gasteiger partial charge is 0.457 e. The van der Waals surface area contributed by atoms with E-state index in [1.165, 1.54) is 16.7 Å². The summed E-state index contributed by atoms with van der Waals surface area (Å²) in [6, 6.07) is 19.8. The molecule has 136 valence electrons. The molecular weight excluding hydrogens is 412 g/mol. The van der Waals surface area contributed by atoms with Crippen molar-refractivity contribution in [3.8, 4) is 17.4 Å². The van der Waals surface area contributed by atoms with Gasteiger partial charge in [-0.15, -0.1) is 0 Å². The lowest BCUT2D eigenvalue weighted by Gasteiger charge is -2.14. The predicted molar refractivity (Wildman–Crippen MR) is 116 cm³/mol. The van der Waals surface area contributed by atoms with Gasteiger partial charge in [-0.3, -0.25) is 9.69 Å². The number of amides is 1. The molecule has 0 unspecified atom stereocenters. The average molecular weight is 423 g/mol. The molecular formula is C21H11ClN2O2S2. The molecule has 0 saturated carbocycles. The molecule has 4 nitrogen and oxygen atoms in total. The topological polar surface area (TPSA) is 57.2 Å². The van der Waals surface area contributed by atoms with Crippen LogP contribution in [0.4, 0.5) is 5.69 Å². The summed E-state index contributed by atoms with van der Waals surface area (Å²) in [7, 11) is 0. The van der Waals surface area contributed by atoms with Gasteiger partial charge in [-0.2, -0.15) is 5.26 Å². The summed E-state index contributed by atoms with van der Waals surface area (Å²) in [5.74, 6) is 0.864. The summed E-state index contributed by atoms with van der Waals surface area (Å²) < 4.78 is 6.29. The Hall–Kier alpha value is -2.85. The number of carbonyl (C=O) groups is 1. The standard InChI is InChI=1S/C21H11ClN2O2S2/c22-14-5-7-15(8-6-14)24-20(25)19(28-21(24)27)11-16-9-10-18(26-16)17-4-2-1-3-13(17)12-23/h1-11H/b19-11-. The van der Waals surface area contributed by atoms with Gasteiger partial charge in [0, 0.05) is 16.7 Å². The minimum Gasteiger partial charge on any atom is -0.457 e. The first-order chi connectivity index (χ1) is 13.6. The van der Waals surface area contributed by atoms with Crippen LogP contribution in [-0.2, 0) is 4.79 Å². The van der Waals surface area contributed by atoms with Crippen LogP contribution in [0.3, 0.4) is 0 Å². The molecule has 0 spiro atoms. The molecule has 2 heterocycles. The number of nitrogens with zero attached hydrogens (tertiary/aromatic N) is 2. The minimum absolute atomic E-state index is 0.215. The van der Waals surface area contributed by atoms with E-state index in [0.717, 1.165) is 0 Å². The number of benzene rings is 2. The van der Waals surface area contributed by atoms with Crippen molar-refractivity contribution in [2.24, 2.45) is 0 Å². The van der Waals surface area contributed by atoms with Gasteiger partial charge in [0.2, 0.25) is 0 Å². The number of hydrogen-bond donors (Lipinski definition) is 0. The number of rotatable bonds is 3. The Morgan fingerprint density at radius 1 is 1.11 bits per heavy atom. The zero-order valence-corrected chi connectivity index (χ0v) is 16.6. The number of nitriles is 1. The summed E-state index contributed by atoms with van der Waals surface area (Å²) in [6.07, 6.45) is 1.66. The van der Waals surface area contributed by atoms with E-state index in [9.17, 15) is 10.1 Å². The lowest BCUT2D eigenvalue weighted by atomic mass is 10.1. The molecule has 0 bridgehead atoms. The van der Waals surface area contributed by atoms with E-state index in [1.54, 1.807) is 54.6 Å². The number of thiocarbonyl (C=S) groups is 1. The van der Waals surface area contributed by atoms with Crippen LogP contribution in [0.5, 0.6) is 0 Å². The number of thioether (sulfide) groups is 1. The van der Waals surface area contributed by atoms with Gasteiger partial charge in [0.05, 0.1) is 22.2 Å². The Balaban J connectivity index is 1.63. The van der Waals surface area contributed by atoms with Crippen LogP contribution < -0.4 is 4.90 Å². The molecule has 1 aromatic heterocycles. The first-order valence-corrected chi connectivity index (χ1v) is 9.80. The fourth-order valence-corrected chi connectivity index (χ4v) is 4.19. The third-order valence-corrected chi connectivity index (χ3v) is 5.65. The van der Waals surface area contributed by atoms with Gasteiger partial charge in [0.1, 0.15) is 11.5 Å². The van der Waals surface area contributed by atoms with Gasteiger partial charge < -0.3 is 4.42 Å². The van der Waals surface area contributed by atoms with E-state index in [2.05, 4.69) is 6.07 Å². The maximum absolute atomic E-state index is 12.8. The highest BCUT2D eigenvalue weighted by Crippen LogP contribution is 2.37. The summed E-state index contributed by atoms with van der Waals surface area (Å²) in [5, 5.41) is 9.84. The second-order valence-electron chi connectivity index (χ2n) is 5.85. The van der Waals surface area contributed by atoms with Crippen molar-refractivity contribution in [3.63, 3.8) is 0 Å². The highest BCUT2D eigenvalue weighted by Gasteiger charge is 2.33. The fourth-order valence-electron chi connectivity index (χ4n) is 2.78. The van der Waals surface area contributed by atoms with Crippen LogP contribution in [0.25, 0.3) is 17.4 Å². The third kappa shape index (κ3) is 3.48. The SMILES string of the molecule is N#Cc1ccccc1-c1ccc(/C=C2\SC(=S)N(c3ccc(Cl)cc3)C2=O)o1. The van der Waals surface area contributed by atoms with E-state index in [0.29, 0.717) is 42.6 Å². The molecule has 1 saturated heterocycles. The number of halogens is 1. The second-order valence-corrected chi connectivity index (χ2v) is 7.97. The molecule has 1 aliphatic heterocycles. The van der Waals surface area contributed by atoms with Gasteiger partial charge in [0.25, 0.3) is 5.91 Å². The first kappa shape index (κ1) is 18.5. The second kappa shape index (κ2) is 7.64. The molecule has 0 atom stereocenters. The third-order valence-electron chi connectivity index (χ3n) is 4.09. The summed E-state index contributed by atoms with van der Waals surface area (Å²) in [4.78, 5) is 14.8. The molecule has 1 fully saturated rings. The summed E-state index contributed by atoms with van der Waals surface area (Å²) in [6.45, 7) is 0. The van der Waals surface area contributed by atoms with Gasteiger partial charge >= 0.3 is 0 Å². The van der Waals surface area contributed by atoms with Gasteiger partial charge in [-0.05, 0) is 48.5 Å². The van der Waals surface area contributed by atoms with Crippen molar-refractivity contribution in [1.82, 2.24) is 0 Å². The Morgan fingerprint density at radius 3 is 2.61 bits per heavy atom. The highest BCUT2D eigenvalue weighted by atomic mass is 35.5. The number of carbonyl (C=O) groups excluding carboxylic acids is 1. The monoisotopic (exact) mass is 422 g/mol. The summed E-state index contributed by atoms with van der Waals surface area (Å²) >= 11 is 12.5. The molecule has 3 aromatic rings. The molecule has 0 aliphatic carbocycles. The Bertz CT molecular complexity index is 1160. The zero-order valence-electron chi connectivity index (χ0n) is 14.3. The van der Waals surface area contributed by atoms with Crippen molar-refractivity contribution < 1.29 is 9.21 Å². The molecule has 0 radical (unpaired) electrons. The van der Waals surface area contributed by atoms with Crippen LogP contribution in [0, 0.1) is 11.3 Å². The van der Waals surface area contributed by atoms with Crippen molar-refractivity contribution >= 4 is 57.6 Å². The van der Waals surface area contributed by atoms with E-state index < -0.39 is 0 Å². The lowest BCUT2D eigenvalue weighted by molar-refractivity contribution is -0.113. The highest BCUT2D eigenvalue weighted by molar-refractivity contribution is 8.27. The lowest BCUT2D eigenvalue weighted by Crippen LogP contribution is -2.27. The summed E-state index contributed by atoms with van der Waals surface area (Å²) in [5.41, 5.74) is 1.90. The van der Waals surface area contributed by atoms with Crippen molar-refractivity contribution in [3.05, 3.63) is 81.9 Å². The van der Waals surface area contributed by atoms with Gasteiger partial charge in [-0.1, -0.05) is 47.7 Å².